The van der Waals surface area contributed by atoms with Gasteiger partial charge < -0.3 is 10.2 Å². The van der Waals surface area contributed by atoms with Crippen molar-refractivity contribution in [3.05, 3.63) is 36.0 Å². The van der Waals surface area contributed by atoms with Crippen molar-refractivity contribution in [3.63, 3.8) is 0 Å². The first kappa shape index (κ1) is 14.2. The number of aryl methyl sites for hydroxylation is 1. The highest BCUT2D eigenvalue weighted by molar-refractivity contribution is 5.54. The third-order valence-corrected chi connectivity index (χ3v) is 3.09. The Hall–Kier alpha value is -2.17. The standard InChI is InChI=1S/C15H21N5/c1-4-5-10-20(3)14-11-16-19-15(18-14)17-13-8-6-12(2)7-9-13/h6-9,11H,4-5,10H2,1-3H3,(H,17,18,19). The smallest absolute Gasteiger partial charge is 0.249 e. The van der Waals surface area contributed by atoms with Gasteiger partial charge in [-0.3, -0.25) is 0 Å². The van der Waals surface area contributed by atoms with Crippen molar-refractivity contribution in [1.82, 2.24) is 15.2 Å². The Balaban J connectivity index is 2.07. The van der Waals surface area contributed by atoms with Crippen LogP contribution in [-0.2, 0) is 0 Å². The minimum absolute atomic E-state index is 0.523. The maximum Gasteiger partial charge on any atom is 0.249 e. The number of anilines is 3. The van der Waals surface area contributed by atoms with Crippen molar-refractivity contribution >= 4 is 17.5 Å². The average Bonchev–Trinajstić information content (AvgIpc) is 2.47. The maximum atomic E-state index is 4.48. The summed E-state index contributed by atoms with van der Waals surface area (Å²) in [5.41, 5.74) is 2.19. The zero-order chi connectivity index (χ0) is 14.4. The molecule has 1 aromatic carbocycles. The Morgan fingerprint density at radius 3 is 2.65 bits per heavy atom. The first-order valence-corrected chi connectivity index (χ1v) is 6.93. The lowest BCUT2D eigenvalue weighted by atomic mass is 10.2. The van der Waals surface area contributed by atoms with Crippen LogP contribution in [0.3, 0.4) is 0 Å². The van der Waals surface area contributed by atoms with Gasteiger partial charge in [0.15, 0.2) is 5.82 Å². The van der Waals surface area contributed by atoms with E-state index < -0.39 is 0 Å². The molecule has 2 rings (SSSR count). The normalized spacial score (nSPS) is 10.3. The summed E-state index contributed by atoms with van der Waals surface area (Å²) in [7, 11) is 2.02. The Labute approximate surface area is 120 Å². The van der Waals surface area contributed by atoms with Crippen LogP contribution in [0.1, 0.15) is 25.3 Å². The molecule has 0 atom stereocenters. The third kappa shape index (κ3) is 3.91. The number of nitrogens with one attached hydrogen (secondary N) is 1. The minimum Gasteiger partial charge on any atom is -0.358 e. The molecule has 0 spiro atoms. The van der Waals surface area contributed by atoms with Crippen LogP contribution in [0.4, 0.5) is 17.5 Å². The molecule has 0 radical (unpaired) electrons. The van der Waals surface area contributed by atoms with E-state index >= 15 is 0 Å². The number of hydrogen-bond donors (Lipinski definition) is 1. The van der Waals surface area contributed by atoms with Gasteiger partial charge in [-0.15, -0.1) is 5.10 Å². The molecule has 5 heteroatoms. The van der Waals surface area contributed by atoms with Gasteiger partial charge in [0.1, 0.15) is 0 Å². The molecule has 0 aliphatic heterocycles. The number of benzene rings is 1. The van der Waals surface area contributed by atoms with Gasteiger partial charge in [0.2, 0.25) is 5.95 Å². The molecule has 1 N–H and O–H groups in total. The van der Waals surface area contributed by atoms with E-state index in [0.717, 1.165) is 30.9 Å². The van der Waals surface area contributed by atoms with E-state index in [1.54, 1.807) is 6.20 Å². The van der Waals surface area contributed by atoms with Crippen LogP contribution in [0.2, 0.25) is 0 Å². The SMILES string of the molecule is CCCCN(C)c1cnnc(Nc2ccc(C)cc2)n1. The van der Waals surface area contributed by atoms with Crippen LogP contribution in [0, 0.1) is 6.92 Å². The molecule has 5 nitrogen and oxygen atoms in total. The van der Waals surface area contributed by atoms with E-state index in [4.69, 9.17) is 0 Å². The summed E-state index contributed by atoms with van der Waals surface area (Å²) in [4.78, 5) is 6.58. The Morgan fingerprint density at radius 1 is 1.20 bits per heavy atom. The van der Waals surface area contributed by atoms with Crippen molar-refractivity contribution in [2.75, 3.05) is 23.8 Å². The Kier molecular flexibility index (Phi) is 4.87. The molecular formula is C15H21N5. The van der Waals surface area contributed by atoms with Crippen LogP contribution in [0.15, 0.2) is 30.5 Å². The molecule has 0 amide bonds. The monoisotopic (exact) mass is 271 g/mol. The van der Waals surface area contributed by atoms with Gasteiger partial charge in [-0.05, 0) is 25.5 Å². The van der Waals surface area contributed by atoms with Crippen molar-refractivity contribution in [1.29, 1.82) is 0 Å². The second kappa shape index (κ2) is 6.84. The van der Waals surface area contributed by atoms with Crippen LogP contribution < -0.4 is 10.2 Å². The fourth-order valence-corrected chi connectivity index (χ4v) is 1.81. The van der Waals surface area contributed by atoms with Crippen molar-refractivity contribution in [3.8, 4) is 0 Å². The molecule has 0 fully saturated rings. The lowest BCUT2D eigenvalue weighted by Crippen LogP contribution is -2.20. The van der Waals surface area contributed by atoms with Gasteiger partial charge in [0, 0.05) is 19.3 Å². The summed E-state index contributed by atoms with van der Waals surface area (Å²) in [5.74, 6) is 1.36. The van der Waals surface area contributed by atoms with Gasteiger partial charge >= 0.3 is 0 Å². The fraction of sp³-hybridized carbons (Fsp3) is 0.400. The maximum absolute atomic E-state index is 4.48. The van der Waals surface area contributed by atoms with Crippen LogP contribution in [0.25, 0.3) is 0 Å². The second-order valence-electron chi connectivity index (χ2n) is 4.90. The predicted molar refractivity (Wildman–Crippen MR) is 82.5 cm³/mol. The molecule has 20 heavy (non-hydrogen) atoms. The second-order valence-corrected chi connectivity index (χ2v) is 4.90. The summed E-state index contributed by atoms with van der Waals surface area (Å²) in [6.45, 7) is 5.21. The molecule has 106 valence electrons. The largest absolute Gasteiger partial charge is 0.358 e. The van der Waals surface area contributed by atoms with Gasteiger partial charge in [-0.25, -0.2) is 0 Å². The van der Waals surface area contributed by atoms with Crippen LogP contribution in [0.5, 0.6) is 0 Å². The van der Waals surface area contributed by atoms with Crippen molar-refractivity contribution in [2.45, 2.75) is 26.7 Å². The Bertz CT molecular complexity index is 538. The van der Waals surface area contributed by atoms with Gasteiger partial charge in [-0.2, -0.15) is 10.1 Å². The zero-order valence-electron chi connectivity index (χ0n) is 12.3. The molecule has 0 aliphatic carbocycles. The number of rotatable bonds is 6. The van der Waals surface area contributed by atoms with E-state index in [-0.39, 0.29) is 0 Å². The Morgan fingerprint density at radius 2 is 1.95 bits per heavy atom. The van der Waals surface area contributed by atoms with E-state index in [0.29, 0.717) is 5.95 Å². The van der Waals surface area contributed by atoms with E-state index in [2.05, 4.69) is 39.2 Å². The van der Waals surface area contributed by atoms with Gasteiger partial charge in [0.05, 0.1) is 6.20 Å². The quantitative estimate of drug-likeness (QED) is 0.874. The topological polar surface area (TPSA) is 53.9 Å². The van der Waals surface area contributed by atoms with E-state index in [9.17, 15) is 0 Å². The van der Waals surface area contributed by atoms with Gasteiger partial charge in [0.25, 0.3) is 0 Å². The molecule has 2 aromatic rings. The molecule has 0 aliphatic rings. The fourth-order valence-electron chi connectivity index (χ4n) is 1.81. The zero-order valence-corrected chi connectivity index (χ0v) is 12.3. The molecular weight excluding hydrogens is 250 g/mol. The molecule has 0 bridgehead atoms. The van der Waals surface area contributed by atoms with Crippen LogP contribution in [-0.4, -0.2) is 28.8 Å². The number of unbranched alkanes of at least 4 members (excludes halogenated alkanes) is 1. The highest BCUT2D eigenvalue weighted by Gasteiger charge is 2.05. The van der Waals surface area contributed by atoms with E-state index in [1.807, 2.05) is 31.3 Å². The summed E-state index contributed by atoms with van der Waals surface area (Å²) in [5, 5.41) is 11.2. The highest BCUT2D eigenvalue weighted by atomic mass is 15.3. The molecule has 0 saturated carbocycles. The average molecular weight is 271 g/mol. The third-order valence-electron chi connectivity index (χ3n) is 3.09. The van der Waals surface area contributed by atoms with Crippen molar-refractivity contribution in [2.24, 2.45) is 0 Å². The van der Waals surface area contributed by atoms with E-state index in [1.165, 1.54) is 5.56 Å². The summed E-state index contributed by atoms with van der Waals surface area (Å²) in [6.07, 6.45) is 3.99. The predicted octanol–water partition coefficient (Wildman–Crippen LogP) is 3.16. The number of aromatic nitrogens is 3. The molecule has 0 saturated heterocycles. The number of nitrogens with zero attached hydrogens (tertiary/aromatic N) is 4. The lowest BCUT2D eigenvalue weighted by Gasteiger charge is -2.17. The lowest BCUT2D eigenvalue weighted by molar-refractivity contribution is 0.754. The first-order valence-electron chi connectivity index (χ1n) is 6.93. The minimum atomic E-state index is 0.523. The summed E-state index contributed by atoms with van der Waals surface area (Å²) in [6, 6.07) is 8.11. The van der Waals surface area contributed by atoms with Crippen LogP contribution >= 0.6 is 0 Å². The van der Waals surface area contributed by atoms with Gasteiger partial charge in [-0.1, -0.05) is 31.0 Å². The summed E-state index contributed by atoms with van der Waals surface area (Å²) >= 11 is 0. The molecule has 1 heterocycles. The molecule has 0 unspecified atom stereocenters. The van der Waals surface area contributed by atoms with Crippen molar-refractivity contribution < 1.29 is 0 Å². The first-order chi connectivity index (χ1) is 9.69. The molecule has 1 aromatic heterocycles. The number of hydrogen-bond acceptors (Lipinski definition) is 5. The highest BCUT2D eigenvalue weighted by Crippen LogP contribution is 2.15. The summed E-state index contributed by atoms with van der Waals surface area (Å²) < 4.78 is 0.